The fourth-order valence-electron chi connectivity index (χ4n) is 2.21. The van der Waals surface area contributed by atoms with Gasteiger partial charge in [0.1, 0.15) is 5.75 Å². The van der Waals surface area contributed by atoms with Gasteiger partial charge in [-0.25, -0.2) is 9.67 Å². The standard InChI is InChI=1S/C18H18N4O2/c1-13-6-7-15(11-14(13)2)24-12-17(23)21-16-5-3-8-19-18(16)22-10-4-9-20-22/h3-11H,12H2,1-2H3,(H,21,23). The third-order valence-electron chi connectivity index (χ3n) is 3.63. The molecule has 3 rings (SSSR count). The molecule has 0 unspecified atom stereocenters. The summed E-state index contributed by atoms with van der Waals surface area (Å²) in [6.07, 6.45) is 5.07. The minimum absolute atomic E-state index is 0.0735. The maximum atomic E-state index is 12.2. The minimum atomic E-state index is -0.255. The van der Waals surface area contributed by atoms with E-state index in [1.165, 1.54) is 5.56 Å². The highest BCUT2D eigenvalue weighted by atomic mass is 16.5. The van der Waals surface area contributed by atoms with E-state index in [-0.39, 0.29) is 12.5 Å². The molecule has 0 aliphatic rings. The number of amides is 1. The molecule has 6 heteroatoms. The van der Waals surface area contributed by atoms with Crippen LogP contribution in [0.1, 0.15) is 11.1 Å². The SMILES string of the molecule is Cc1ccc(OCC(=O)Nc2cccnc2-n2cccn2)cc1C. The summed E-state index contributed by atoms with van der Waals surface area (Å²) in [5.74, 6) is 0.975. The number of carbonyl (C=O) groups is 1. The number of hydrogen-bond donors (Lipinski definition) is 1. The average Bonchev–Trinajstić information content (AvgIpc) is 3.11. The predicted molar refractivity (Wildman–Crippen MR) is 91.4 cm³/mol. The van der Waals surface area contributed by atoms with E-state index in [4.69, 9.17) is 4.74 Å². The summed E-state index contributed by atoms with van der Waals surface area (Å²) in [6.45, 7) is 3.97. The van der Waals surface area contributed by atoms with Crippen molar-refractivity contribution in [1.29, 1.82) is 0 Å². The summed E-state index contributed by atoms with van der Waals surface area (Å²) >= 11 is 0. The van der Waals surface area contributed by atoms with E-state index in [0.717, 1.165) is 5.56 Å². The Balaban J connectivity index is 1.66. The van der Waals surface area contributed by atoms with Crippen LogP contribution < -0.4 is 10.1 Å². The van der Waals surface area contributed by atoms with Crippen molar-refractivity contribution in [3.05, 3.63) is 66.1 Å². The van der Waals surface area contributed by atoms with E-state index < -0.39 is 0 Å². The zero-order valence-corrected chi connectivity index (χ0v) is 13.6. The lowest BCUT2D eigenvalue weighted by molar-refractivity contribution is -0.118. The third kappa shape index (κ3) is 3.60. The van der Waals surface area contributed by atoms with E-state index >= 15 is 0 Å². The number of carbonyl (C=O) groups excluding carboxylic acids is 1. The summed E-state index contributed by atoms with van der Waals surface area (Å²) in [4.78, 5) is 16.4. The molecule has 3 aromatic rings. The van der Waals surface area contributed by atoms with Gasteiger partial charge in [0.15, 0.2) is 12.4 Å². The molecule has 0 aliphatic heterocycles. The number of hydrogen-bond acceptors (Lipinski definition) is 4. The van der Waals surface area contributed by atoms with Gasteiger partial charge in [-0.15, -0.1) is 0 Å². The second-order valence-electron chi connectivity index (χ2n) is 5.41. The molecule has 2 aromatic heterocycles. The number of aryl methyl sites for hydroxylation is 2. The number of ether oxygens (including phenoxy) is 1. The molecule has 6 nitrogen and oxygen atoms in total. The molecular weight excluding hydrogens is 304 g/mol. The summed E-state index contributed by atoms with van der Waals surface area (Å²) in [6, 6.07) is 11.1. The quantitative estimate of drug-likeness (QED) is 0.784. The molecule has 1 N–H and O–H groups in total. The van der Waals surface area contributed by atoms with Crippen LogP contribution in [0.2, 0.25) is 0 Å². The van der Waals surface area contributed by atoms with Crippen molar-refractivity contribution in [1.82, 2.24) is 14.8 Å². The van der Waals surface area contributed by atoms with E-state index in [0.29, 0.717) is 17.3 Å². The molecule has 0 saturated heterocycles. The van der Waals surface area contributed by atoms with Gasteiger partial charge in [-0.05, 0) is 55.3 Å². The van der Waals surface area contributed by atoms with E-state index in [2.05, 4.69) is 15.4 Å². The zero-order valence-electron chi connectivity index (χ0n) is 13.6. The zero-order chi connectivity index (χ0) is 16.9. The lowest BCUT2D eigenvalue weighted by Crippen LogP contribution is -2.21. The minimum Gasteiger partial charge on any atom is -0.484 e. The van der Waals surface area contributed by atoms with Crippen molar-refractivity contribution in [3.63, 3.8) is 0 Å². The largest absolute Gasteiger partial charge is 0.484 e. The normalized spacial score (nSPS) is 10.4. The highest BCUT2D eigenvalue weighted by molar-refractivity contribution is 5.93. The molecule has 2 heterocycles. The number of pyridine rings is 1. The first kappa shape index (κ1) is 15.7. The molecule has 0 atom stereocenters. The second-order valence-corrected chi connectivity index (χ2v) is 5.41. The van der Waals surface area contributed by atoms with Crippen molar-refractivity contribution in [3.8, 4) is 11.6 Å². The Morgan fingerprint density at radius 1 is 1.17 bits per heavy atom. The summed E-state index contributed by atoms with van der Waals surface area (Å²) < 4.78 is 7.15. The number of benzene rings is 1. The van der Waals surface area contributed by atoms with Crippen LogP contribution in [0, 0.1) is 13.8 Å². The fraction of sp³-hybridized carbons (Fsp3) is 0.167. The molecular formula is C18H18N4O2. The van der Waals surface area contributed by atoms with Gasteiger partial charge < -0.3 is 10.1 Å². The van der Waals surface area contributed by atoms with Gasteiger partial charge in [0.2, 0.25) is 0 Å². The Kier molecular flexibility index (Phi) is 4.56. The number of rotatable bonds is 5. The van der Waals surface area contributed by atoms with Gasteiger partial charge in [-0.1, -0.05) is 6.07 Å². The van der Waals surface area contributed by atoms with E-state index in [1.54, 1.807) is 41.5 Å². The van der Waals surface area contributed by atoms with Crippen LogP contribution in [0.3, 0.4) is 0 Å². The van der Waals surface area contributed by atoms with E-state index in [1.807, 2.05) is 32.0 Å². The van der Waals surface area contributed by atoms with Crippen molar-refractivity contribution in [2.45, 2.75) is 13.8 Å². The van der Waals surface area contributed by atoms with Crippen LogP contribution in [-0.2, 0) is 4.79 Å². The Morgan fingerprint density at radius 2 is 2.04 bits per heavy atom. The first-order valence-corrected chi connectivity index (χ1v) is 7.58. The maximum Gasteiger partial charge on any atom is 0.262 e. The van der Waals surface area contributed by atoms with Crippen LogP contribution in [0.5, 0.6) is 5.75 Å². The van der Waals surface area contributed by atoms with Gasteiger partial charge in [0.25, 0.3) is 5.91 Å². The fourth-order valence-corrected chi connectivity index (χ4v) is 2.21. The second kappa shape index (κ2) is 6.95. The number of aromatic nitrogens is 3. The molecule has 0 spiro atoms. The topological polar surface area (TPSA) is 69.0 Å². The van der Waals surface area contributed by atoms with Gasteiger partial charge >= 0.3 is 0 Å². The van der Waals surface area contributed by atoms with Crippen LogP contribution in [-0.4, -0.2) is 27.3 Å². The van der Waals surface area contributed by atoms with Crippen molar-refractivity contribution in [2.75, 3.05) is 11.9 Å². The molecule has 1 aromatic carbocycles. The van der Waals surface area contributed by atoms with Crippen molar-refractivity contribution < 1.29 is 9.53 Å². The van der Waals surface area contributed by atoms with Gasteiger partial charge in [0, 0.05) is 18.6 Å². The van der Waals surface area contributed by atoms with Crippen LogP contribution in [0.15, 0.2) is 55.0 Å². The number of nitrogens with one attached hydrogen (secondary N) is 1. The summed E-state index contributed by atoms with van der Waals surface area (Å²) in [5.41, 5.74) is 2.89. The van der Waals surface area contributed by atoms with Crippen molar-refractivity contribution in [2.24, 2.45) is 0 Å². The first-order valence-electron chi connectivity index (χ1n) is 7.58. The monoisotopic (exact) mass is 322 g/mol. The Bertz CT molecular complexity index is 844. The maximum absolute atomic E-state index is 12.2. The van der Waals surface area contributed by atoms with Crippen LogP contribution >= 0.6 is 0 Å². The van der Waals surface area contributed by atoms with E-state index in [9.17, 15) is 4.79 Å². The van der Waals surface area contributed by atoms with Crippen molar-refractivity contribution >= 4 is 11.6 Å². The highest BCUT2D eigenvalue weighted by Gasteiger charge is 2.10. The first-order chi connectivity index (χ1) is 11.6. The molecule has 0 radical (unpaired) electrons. The molecule has 0 fully saturated rings. The highest BCUT2D eigenvalue weighted by Crippen LogP contribution is 2.18. The number of anilines is 1. The molecule has 24 heavy (non-hydrogen) atoms. The third-order valence-corrected chi connectivity index (χ3v) is 3.63. The Morgan fingerprint density at radius 3 is 2.79 bits per heavy atom. The molecule has 0 aliphatic carbocycles. The van der Waals surface area contributed by atoms with Gasteiger partial charge in [0.05, 0.1) is 5.69 Å². The smallest absolute Gasteiger partial charge is 0.262 e. The molecule has 122 valence electrons. The Hall–Kier alpha value is -3.15. The lowest BCUT2D eigenvalue weighted by Gasteiger charge is -2.11. The van der Waals surface area contributed by atoms with Crippen LogP contribution in [0.4, 0.5) is 5.69 Å². The van der Waals surface area contributed by atoms with Gasteiger partial charge in [-0.3, -0.25) is 4.79 Å². The summed E-state index contributed by atoms with van der Waals surface area (Å²) in [7, 11) is 0. The predicted octanol–water partition coefficient (Wildman–Crippen LogP) is 2.90. The average molecular weight is 322 g/mol. The Labute approximate surface area is 140 Å². The van der Waals surface area contributed by atoms with Crippen LogP contribution in [0.25, 0.3) is 5.82 Å². The summed E-state index contributed by atoms with van der Waals surface area (Å²) in [5, 5.41) is 6.95. The number of nitrogens with zero attached hydrogens (tertiary/aromatic N) is 3. The lowest BCUT2D eigenvalue weighted by atomic mass is 10.1. The molecule has 1 amide bonds. The molecule has 0 saturated carbocycles. The van der Waals surface area contributed by atoms with Gasteiger partial charge in [-0.2, -0.15) is 5.10 Å². The molecule has 0 bridgehead atoms.